The second kappa shape index (κ2) is 12.4. The van der Waals surface area contributed by atoms with Crippen LogP contribution in [-0.4, -0.2) is 62.2 Å². The number of hydrogen-bond donors (Lipinski definition) is 1. The van der Waals surface area contributed by atoms with E-state index < -0.39 is 0 Å². The first-order valence-corrected chi connectivity index (χ1v) is 12.0. The Morgan fingerprint density at radius 3 is 2.18 bits per heavy atom. The molecule has 0 saturated carbocycles. The van der Waals surface area contributed by atoms with Gasteiger partial charge in [-0.3, -0.25) is 0 Å². The van der Waals surface area contributed by atoms with Crippen molar-refractivity contribution in [2.45, 2.75) is 38.4 Å². The van der Waals surface area contributed by atoms with Crippen molar-refractivity contribution in [3.05, 3.63) is 95.9 Å². The van der Waals surface area contributed by atoms with E-state index in [2.05, 4.69) is 68.6 Å². The van der Waals surface area contributed by atoms with Crippen LogP contribution in [0.1, 0.15) is 42.3 Å². The third-order valence-electron chi connectivity index (χ3n) is 5.93. The van der Waals surface area contributed by atoms with Gasteiger partial charge in [0, 0.05) is 32.4 Å². The van der Waals surface area contributed by atoms with Crippen LogP contribution in [0, 0.1) is 6.92 Å². The van der Waals surface area contributed by atoms with Crippen molar-refractivity contribution < 1.29 is 9.84 Å². The molecule has 5 rings (SSSR count). The van der Waals surface area contributed by atoms with E-state index in [9.17, 15) is 0 Å². The van der Waals surface area contributed by atoms with Crippen molar-refractivity contribution in [1.29, 1.82) is 0 Å². The van der Waals surface area contributed by atoms with E-state index in [1.54, 1.807) is 6.20 Å². The summed E-state index contributed by atoms with van der Waals surface area (Å²) in [6.07, 6.45) is 4.95. The minimum atomic E-state index is 0.00129. The third-order valence-corrected chi connectivity index (χ3v) is 5.93. The van der Waals surface area contributed by atoms with Crippen LogP contribution in [0.15, 0.2) is 79.0 Å². The van der Waals surface area contributed by atoms with Crippen molar-refractivity contribution in [3.8, 4) is 0 Å². The number of nitrogens with zero attached hydrogens (tertiary/aromatic N) is 5. The molecule has 0 unspecified atom stereocenters. The average Bonchev–Trinajstić information content (AvgIpc) is 3.28. The lowest BCUT2D eigenvalue weighted by molar-refractivity contribution is -0.0274. The molecule has 2 aromatic heterocycles. The Morgan fingerprint density at radius 1 is 0.941 bits per heavy atom. The molecular formula is C27H33N5O2. The van der Waals surface area contributed by atoms with Crippen molar-refractivity contribution >= 4 is 5.65 Å². The summed E-state index contributed by atoms with van der Waals surface area (Å²) in [5, 5.41) is 16.9. The monoisotopic (exact) mass is 459 g/mol. The smallest absolute Gasteiger partial charge is 0.176 e. The Labute approximate surface area is 201 Å². The van der Waals surface area contributed by atoms with Crippen molar-refractivity contribution in [1.82, 2.24) is 24.7 Å². The molecule has 1 saturated heterocycles. The largest absolute Gasteiger partial charge is 0.396 e. The molecule has 1 aliphatic rings. The third kappa shape index (κ3) is 6.70. The fourth-order valence-corrected chi connectivity index (χ4v) is 4.20. The van der Waals surface area contributed by atoms with E-state index in [4.69, 9.17) is 9.84 Å². The van der Waals surface area contributed by atoms with Gasteiger partial charge in [0.15, 0.2) is 5.65 Å². The van der Waals surface area contributed by atoms with Gasteiger partial charge >= 0.3 is 0 Å². The van der Waals surface area contributed by atoms with E-state index in [1.165, 1.54) is 15.8 Å². The molecule has 4 aromatic rings. The highest BCUT2D eigenvalue weighted by molar-refractivity contribution is 5.33. The SMILES string of the molecule is Cc1nc2cccnn2n1.OCCCN1CCC(OC(c2ccccc2)c2ccccc2)CC1. The summed E-state index contributed by atoms with van der Waals surface area (Å²) in [4.78, 5) is 6.53. The van der Waals surface area contributed by atoms with Crippen LogP contribution < -0.4 is 0 Å². The van der Waals surface area contributed by atoms with Crippen LogP contribution in [0.2, 0.25) is 0 Å². The fraction of sp³-hybridized carbons (Fsp3) is 0.370. The van der Waals surface area contributed by atoms with E-state index in [0.717, 1.165) is 50.4 Å². The predicted octanol–water partition coefficient (Wildman–Crippen LogP) is 4.07. The van der Waals surface area contributed by atoms with Crippen LogP contribution in [0.25, 0.3) is 5.65 Å². The summed E-state index contributed by atoms with van der Waals surface area (Å²) in [5.74, 6) is 0.749. The summed E-state index contributed by atoms with van der Waals surface area (Å²) >= 11 is 0. The number of aryl methyl sites for hydroxylation is 1. The van der Waals surface area contributed by atoms with Gasteiger partial charge in [-0.1, -0.05) is 60.7 Å². The fourth-order valence-electron chi connectivity index (χ4n) is 4.20. The molecule has 3 heterocycles. The van der Waals surface area contributed by atoms with Crippen molar-refractivity contribution in [3.63, 3.8) is 0 Å². The van der Waals surface area contributed by atoms with E-state index in [1.807, 2.05) is 31.2 Å². The molecule has 0 spiro atoms. The molecule has 0 atom stereocenters. The second-order valence-corrected chi connectivity index (χ2v) is 8.49. The molecule has 0 radical (unpaired) electrons. The molecule has 1 N–H and O–H groups in total. The first-order valence-electron chi connectivity index (χ1n) is 12.0. The van der Waals surface area contributed by atoms with Crippen LogP contribution in [-0.2, 0) is 4.74 Å². The lowest BCUT2D eigenvalue weighted by atomic mass is 10.00. The molecule has 2 aromatic carbocycles. The van der Waals surface area contributed by atoms with Crippen molar-refractivity contribution in [2.75, 3.05) is 26.2 Å². The Bertz CT molecular complexity index is 1040. The topological polar surface area (TPSA) is 75.8 Å². The number of piperidine rings is 1. The highest BCUT2D eigenvalue weighted by atomic mass is 16.5. The molecule has 178 valence electrons. The van der Waals surface area contributed by atoms with Gasteiger partial charge in [-0.2, -0.15) is 5.10 Å². The summed E-state index contributed by atoms with van der Waals surface area (Å²) < 4.78 is 8.05. The van der Waals surface area contributed by atoms with Gasteiger partial charge in [0.2, 0.25) is 0 Å². The lowest BCUT2D eigenvalue weighted by Gasteiger charge is -2.34. The molecule has 34 heavy (non-hydrogen) atoms. The maximum absolute atomic E-state index is 8.97. The Morgan fingerprint density at radius 2 is 1.59 bits per heavy atom. The normalized spacial score (nSPS) is 14.8. The average molecular weight is 460 g/mol. The highest BCUT2D eigenvalue weighted by Gasteiger charge is 2.24. The van der Waals surface area contributed by atoms with Gasteiger partial charge in [0.25, 0.3) is 0 Å². The highest BCUT2D eigenvalue weighted by Crippen LogP contribution is 2.29. The number of aromatic nitrogens is 4. The summed E-state index contributed by atoms with van der Waals surface area (Å²) in [6.45, 7) is 5.22. The molecule has 7 nitrogen and oxygen atoms in total. The van der Waals surface area contributed by atoms with Crippen LogP contribution in [0.4, 0.5) is 0 Å². The van der Waals surface area contributed by atoms with Gasteiger partial charge in [0.1, 0.15) is 11.9 Å². The second-order valence-electron chi connectivity index (χ2n) is 8.49. The number of likely N-dealkylation sites (tertiary alicyclic amines) is 1. The minimum absolute atomic E-state index is 0.00129. The Kier molecular flexibility index (Phi) is 8.73. The first kappa shape index (κ1) is 24.0. The zero-order valence-corrected chi connectivity index (χ0v) is 19.7. The number of ether oxygens (including phenoxy) is 1. The molecule has 0 bridgehead atoms. The van der Waals surface area contributed by atoms with Gasteiger partial charge in [-0.25, -0.2) is 4.98 Å². The maximum Gasteiger partial charge on any atom is 0.176 e. The Hall–Kier alpha value is -3.13. The summed E-state index contributed by atoms with van der Waals surface area (Å²) in [5.41, 5.74) is 3.22. The van der Waals surface area contributed by atoms with Gasteiger partial charge in [-0.05, 0) is 49.4 Å². The zero-order valence-electron chi connectivity index (χ0n) is 19.7. The zero-order chi connectivity index (χ0) is 23.6. The number of aliphatic hydroxyl groups excluding tert-OH is 1. The first-order chi connectivity index (χ1) is 16.7. The predicted molar refractivity (Wildman–Crippen MR) is 132 cm³/mol. The van der Waals surface area contributed by atoms with Crippen molar-refractivity contribution in [2.24, 2.45) is 0 Å². The van der Waals surface area contributed by atoms with Gasteiger partial charge in [-0.15, -0.1) is 9.73 Å². The molecular weight excluding hydrogens is 426 g/mol. The van der Waals surface area contributed by atoms with Crippen LogP contribution in [0.5, 0.6) is 0 Å². The number of fused-ring (bicyclic) bond motifs is 1. The molecule has 0 amide bonds. The number of hydrogen-bond acceptors (Lipinski definition) is 6. The molecule has 1 fully saturated rings. The molecule has 7 heteroatoms. The summed E-state index contributed by atoms with van der Waals surface area (Å²) in [7, 11) is 0. The summed E-state index contributed by atoms with van der Waals surface area (Å²) in [6, 6.07) is 24.7. The number of rotatable bonds is 7. The van der Waals surface area contributed by atoms with E-state index >= 15 is 0 Å². The standard InChI is InChI=1S/C21H27NO2.C6H6N4/c23-17-7-14-22-15-12-20(13-16-22)24-21(18-8-3-1-4-9-18)19-10-5-2-6-11-19;1-5-8-6-3-2-4-7-10(6)9-5/h1-6,8-11,20-21,23H,7,12-17H2;2-4H,1H3. The van der Waals surface area contributed by atoms with Crippen LogP contribution in [0.3, 0.4) is 0 Å². The van der Waals surface area contributed by atoms with Gasteiger partial charge < -0.3 is 14.7 Å². The lowest BCUT2D eigenvalue weighted by Crippen LogP contribution is -2.38. The quantitative estimate of drug-likeness (QED) is 0.449. The van der Waals surface area contributed by atoms with Crippen LogP contribution >= 0.6 is 0 Å². The van der Waals surface area contributed by atoms with Gasteiger partial charge in [0.05, 0.1) is 6.10 Å². The molecule has 1 aliphatic heterocycles. The Balaban J connectivity index is 0.000000226. The van der Waals surface area contributed by atoms with E-state index in [0.29, 0.717) is 6.10 Å². The minimum Gasteiger partial charge on any atom is -0.396 e. The molecule has 0 aliphatic carbocycles. The number of benzene rings is 2. The maximum atomic E-state index is 8.97. The van der Waals surface area contributed by atoms with E-state index in [-0.39, 0.29) is 12.7 Å². The number of aliphatic hydroxyl groups is 1.